The summed E-state index contributed by atoms with van der Waals surface area (Å²) in [4.78, 5) is 41.4. The lowest BCUT2D eigenvalue weighted by Crippen LogP contribution is -2.57. The van der Waals surface area contributed by atoms with Crippen molar-refractivity contribution in [2.24, 2.45) is 5.92 Å². The highest BCUT2D eigenvalue weighted by Crippen LogP contribution is 2.26. The molecule has 0 radical (unpaired) electrons. The van der Waals surface area contributed by atoms with E-state index < -0.39 is 46.2 Å². The van der Waals surface area contributed by atoms with Crippen LogP contribution in [0.1, 0.15) is 42.5 Å². The molecule has 1 saturated heterocycles. The van der Waals surface area contributed by atoms with Gasteiger partial charge in [-0.3, -0.25) is 9.59 Å². The summed E-state index contributed by atoms with van der Waals surface area (Å²) in [7, 11) is -3.73. The zero-order valence-electron chi connectivity index (χ0n) is 22.0. The highest BCUT2D eigenvalue weighted by molar-refractivity contribution is 7.89. The molecule has 4 rings (SSSR count). The van der Waals surface area contributed by atoms with Gasteiger partial charge in [0.1, 0.15) is 11.9 Å². The molecule has 2 aliphatic rings. The summed E-state index contributed by atoms with van der Waals surface area (Å²) < 4.78 is 26.7. The molecule has 2 aromatic rings. The number of aliphatic carboxylic acids is 1. The molecule has 0 bridgehead atoms. The standard InChI is InChI=1S/C27H35N5O6S/c1-18-6-4-9-22(14-18)39(37,38)32-16-20(17-32)26(34)31-23(27(35)36)15-24(33)28-12-3-2-8-21-11-10-19-7-5-13-29-25(19)30-21/h4,6,9-11,14,20,23H,2-3,5,7-8,12-13,15-17H2,1H3,(H,28,33)(H,29,30)(H,31,34)(H,35,36)/t23-/m0/s1. The van der Waals surface area contributed by atoms with Gasteiger partial charge in [0.05, 0.1) is 17.2 Å². The van der Waals surface area contributed by atoms with E-state index in [2.05, 4.69) is 27.0 Å². The number of nitrogens with one attached hydrogen (secondary N) is 3. The number of amides is 2. The van der Waals surface area contributed by atoms with E-state index in [1.54, 1.807) is 25.1 Å². The maximum Gasteiger partial charge on any atom is 0.326 e. The number of hydrogen-bond donors (Lipinski definition) is 4. The fourth-order valence-corrected chi connectivity index (χ4v) is 6.28. The van der Waals surface area contributed by atoms with Crippen molar-refractivity contribution < 1.29 is 27.9 Å². The van der Waals surface area contributed by atoms with E-state index in [0.29, 0.717) is 13.0 Å². The van der Waals surface area contributed by atoms with Gasteiger partial charge in [0.2, 0.25) is 21.8 Å². The molecule has 1 aromatic heterocycles. The number of nitrogens with zero attached hydrogens (tertiary/aromatic N) is 2. The minimum absolute atomic E-state index is 0.0458. The van der Waals surface area contributed by atoms with Gasteiger partial charge in [-0.05, 0) is 68.4 Å². The number of pyridine rings is 1. The Morgan fingerprint density at radius 2 is 1.97 bits per heavy atom. The first kappa shape index (κ1) is 28.5. The Hall–Kier alpha value is -3.51. The Morgan fingerprint density at radius 1 is 1.18 bits per heavy atom. The van der Waals surface area contributed by atoms with Crippen molar-refractivity contribution in [3.05, 3.63) is 53.2 Å². The molecular formula is C27H35N5O6S. The van der Waals surface area contributed by atoms with Crippen molar-refractivity contribution >= 4 is 33.6 Å². The maximum absolute atomic E-state index is 12.7. The van der Waals surface area contributed by atoms with Crippen LogP contribution in [0.15, 0.2) is 41.3 Å². The lowest BCUT2D eigenvalue weighted by atomic mass is 10.0. The molecular weight excluding hydrogens is 522 g/mol. The number of unbranched alkanes of at least 4 members (excludes halogenated alkanes) is 1. The fourth-order valence-electron chi connectivity index (χ4n) is 4.64. The topological polar surface area (TPSA) is 158 Å². The molecule has 2 aliphatic heterocycles. The largest absolute Gasteiger partial charge is 0.480 e. The average Bonchev–Trinajstić information content (AvgIpc) is 2.87. The number of carboxylic acids is 1. The molecule has 0 saturated carbocycles. The van der Waals surface area contributed by atoms with Gasteiger partial charge in [0.15, 0.2) is 0 Å². The number of sulfonamides is 1. The third kappa shape index (κ3) is 7.33. The zero-order chi connectivity index (χ0) is 28.0. The van der Waals surface area contributed by atoms with Crippen LogP contribution in [0.2, 0.25) is 0 Å². The number of carbonyl (C=O) groups excluding carboxylic acids is 2. The normalized spacial score (nSPS) is 16.3. The first-order valence-electron chi connectivity index (χ1n) is 13.2. The van der Waals surface area contributed by atoms with Crippen LogP contribution >= 0.6 is 0 Å². The minimum Gasteiger partial charge on any atom is -0.480 e. The lowest BCUT2D eigenvalue weighted by molar-refractivity contribution is -0.144. The molecule has 2 amide bonds. The molecule has 12 heteroatoms. The van der Waals surface area contributed by atoms with Crippen LogP contribution in [0, 0.1) is 12.8 Å². The van der Waals surface area contributed by atoms with Crippen molar-refractivity contribution in [3.8, 4) is 0 Å². The van der Waals surface area contributed by atoms with Crippen LogP contribution in [0.3, 0.4) is 0 Å². The number of anilines is 1. The summed E-state index contributed by atoms with van der Waals surface area (Å²) in [6.45, 7) is 3.02. The van der Waals surface area contributed by atoms with Crippen LogP contribution in [-0.4, -0.2) is 72.8 Å². The molecule has 210 valence electrons. The summed E-state index contributed by atoms with van der Waals surface area (Å²) in [6.07, 6.45) is 4.03. The van der Waals surface area contributed by atoms with Gasteiger partial charge in [0, 0.05) is 31.9 Å². The van der Waals surface area contributed by atoms with Crippen LogP contribution in [0.25, 0.3) is 0 Å². The number of carboxylic acid groups (broad SMARTS) is 1. The highest BCUT2D eigenvalue weighted by Gasteiger charge is 2.41. The van der Waals surface area contributed by atoms with Crippen LogP contribution < -0.4 is 16.0 Å². The van der Waals surface area contributed by atoms with E-state index in [1.165, 1.54) is 15.9 Å². The van der Waals surface area contributed by atoms with E-state index in [4.69, 9.17) is 0 Å². The van der Waals surface area contributed by atoms with E-state index in [1.807, 2.05) is 6.07 Å². The Labute approximate surface area is 228 Å². The Bertz CT molecular complexity index is 1330. The monoisotopic (exact) mass is 557 g/mol. The fraction of sp³-hybridized carbons (Fsp3) is 0.481. The summed E-state index contributed by atoms with van der Waals surface area (Å²) in [5.41, 5.74) is 3.03. The molecule has 39 heavy (non-hydrogen) atoms. The second kappa shape index (κ2) is 12.6. The number of benzene rings is 1. The SMILES string of the molecule is Cc1cccc(S(=O)(=O)N2CC(C(=O)N[C@@H](CC(=O)NCCCCc3ccc4c(n3)NCCC4)C(=O)O)C2)c1. The van der Waals surface area contributed by atoms with E-state index in [-0.39, 0.29) is 18.0 Å². The van der Waals surface area contributed by atoms with Gasteiger partial charge < -0.3 is 21.1 Å². The minimum atomic E-state index is -3.73. The van der Waals surface area contributed by atoms with Gasteiger partial charge in [0.25, 0.3) is 0 Å². The number of rotatable bonds is 12. The van der Waals surface area contributed by atoms with Crippen LogP contribution in [-0.2, 0) is 37.2 Å². The van der Waals surface area contributed by atoms with E-state index in [9.17, 15) is 27.9 Å². The highest BCUT2D eigenvalue weighted by atomic mass is 32.2. The van der Waals surface area contributed by atoms with Crippen molar-refractivity contribution in [1.82, 2.24) is 19.9 Å². The van der Waals surface area contributed by atoms with E-state index in [0.717, 1.165) is 49.3 Å². The molecule has 0 aliphatic carbocycles. The zero-order valence-corrected chi connectivity index (χ0v) is 22.8. The Kier molecular flexibility index (Phi) is 9.18. The molecule has 1 fully saturated rings. The first-order chi connectivity index (χ1) is 18.6. The number of fused-ring (bicyclic) bond motifs is 1. The van der Waals surface area contributed by atoms with Gasteiger partial charge in [-0.2, -0.15) is 4.31 Å². The molecule has 11 nitrogen and oxygen atoms in total. The van der Waals surface area contributed by atoms with Gasteiger partial charge in [-0.15, -0.1) is 0 Å². The van der Waals surface area contributed by atoms with Crippen molar-refractivity contribution in [3.63, 3.8) is 0 Å². The van der Waals surface area contributed by atoms with Gasteiger partial charge >= 0.3 is 5.97 Å². The quantitative estimate of drug-likeness (QED) is 0.286. The summed E-state index contributed by atoms with van der Waals surface area (Å²) >= 11 is 0. The molecule has 1 atom stereocenters. The predicted molar refractivity (Wildman–Crippen MR) is 145 cm³/mol. The Morgan fingerprint density at radius 3 is 2.72 bits per heavy atom. The number of carbonyl (C=O) groups is 3. The summed E-state index contributed by atoms with van der Waals surface area (Å²) in [6, 6.07) is 9.24. The summed E-state index contributed by atoms with van der Waals surface area (Å²) in [5, 5.41) is 17.9. The van der Waals surface area contributed by atoms with Crippen LogP contribution in [0.4, 0.5) is 5.82 Å². The number of aryl methyl sites for hydroxylation is 3. The van der Waals surface area contributed by atoms with Gasteiger partial charge in [-0.1, -0.05) is 18.2 Å². The van der Waals surface area contributed by atoms with Crippen molar-refractivity contribution in [2.45, 2.75) is 56.4 Å². The molecule has 4 N–H and O–H groups in total. The van der Waals surface area contributed by atoms with Crippen molar-refractivity contribution in [2.75, 3.05) is 31.5 Å². The van der Waals surface area contributed by atoms with E-state index >= 15 is 0 Å². The second-order valence-electron chi connectivity index (χ2n) is 10.1. The van der Waals surface area contributed by atoms with Crippen LogP contribution in [0.5, 0.6) is 0 Å². The lowest BCUT2D eigenvalue weighted by Gasteiger charge is -2.37. The van der Waals surface area contributed by atoms with Gasteiger partial charge in [-0.25, -0.2) is 18.2 Å². The smallest absolute Gasteiger partial charge is 0.326 e. The molecule has 3 heterocycles. The third-order valence-electron chi connectivity index (χ3n) is 6.98. The second-order valence-corrected chi connectivity index (χ2v) is 12.0. The first-order valence-corrected chi connectivity index (χ1v) is 14.7. The number of aromatic nitrogens is 1. The molecule has 0 spiro atoms. The molecule has 0 unspecified atom stereocenters. The maximum atomic E-state index is 12.7. The summed E-state index contributed by atoms with van der Waals surface area (Å²) in [5.74, 6) is -2.11. The average molecular weight is 558 g/mol. The molecule has 1 aromatic carbocycles. The third-order valence-corrected chi connectivity index (χ3v) is 8.81. The predicted octanol–water partition coefficient (Wildman–Crippen LogP) is 1.47. The van der Waals surface area contributed by atoms with Crippen molar-refractivity contribution in [1.29, 1.82) is 0 Å². The number of hydrogen-bond acceptors (Lipinski definition) is 7. The Balaban J connectivity index is 1.17.